The van der Waals surface area contributed by atoms with Crippen LogP contribution in [0.1, 0.15) is 37.1 Å². The molecule has 0 spiro atoms. The normalized spacial score (nSPS) is 28.0. The molecule has 6 heteroatoms. The maximum atomic E-state index is 13.5. The summed E-state index contributed by atoms with van der Waals surface area (Å²) in [6.45, 7) is 4.72. The number of hydrogen-bond acceptors (Lipinski definition) is 3. The minimum atomic E-state index is -0.920. The van der Waals surface area contributed by atoms with Crippen LogP contribution in [0.25, 0.3) is 6.08 Å². The number of aromatic amines is 1. The summed E-state index contributed by atoms with van der Waals surface area (Å²) in [6.07, 6.45) is 6.32. The molecule has 1 saturated heterocycles. The second kappa shape index (κ2) is 7.30. The Hall–Kier alpha value is -1.66. The van der Waals surface area contributed by atoms with Gasteiger partial charge in [0.2, 0.25) is 5.91 Å². The van der Waals surface area contributed by atoms with E-state index in [9.17, 15) is 9.18 Å². The van der Waals surface area contributed by atoms with Gasteiger partial charge < -0.3 is 20.4 Å². The van der Waals surface area contributed by atoms with Crippen LogP contribution in [-0.4, -0.2) is 53.8 Å². The number of rotatable bonds is 5. The summed E-state index contributed by atoms with van der Waals surface area (Å²) in [6, 6.07) is -0.538. The van der Waals surface area contributed by atoms with E-state index in [0.717, 1.165) is 36.2 Å². The van der Waals surface area contributed by atoms with Gasteiger partial charge in [0.1, 0.15) is 12.2 Å². The lowest BCUT2D eigenvalue weighted by atomic mass is 9.92. The predicted molar refractivity (Wildman–Crippen MR) is 95.9 cm³/mol. The molecule has 1 aliphatic heterocycles. The second-order valence-electron chi connectivity index (χ2n) is 7.32. The van der Waals surface area contributed by atoms with Crippen LogP contribution >= 0.6 is 0 Å². The fourth-order valence-corrected chi connectivity index (χ4v) is 3.89. The quantitative estimate of drug-likeness (QED) is 0.855. The zero-order valence-electron chi connectivity index (χ0n) is 15.2. The SMILES string of the molecule is CO[C@H](C)[C@H](N)C(=O)N1CC[C@H](C)[C@H]1Cc1c[nH]c2c1C=CC(F)C2. The Bertz CT molecular complexity index is 657. The van der Waals surface area contributed by atoms with Crippen molar-refractivity contribution in [2.75, 3.05) is 13.7 Å². The minimum absolute atomic E-state index is 0.0486. The van der Waals surface area contributed by atoms with Crippen molar-refractivity contribution in [2.24, 2.45) is 11.7 Å². The summed E-state index contributed by atoms with van der Waals surface area (Å²) in [7, 11) is 1.57. The van der Waals surface area contributed by atoms with Crippen molar-refractivity contribution < 1.29 is 13.9 Å². The fraction of sp³-hybridized carbons (Fsp3) is 0.632. The number of alkyl halides is 1. The molecule has 1 amide bonds. The summed E-state index contributed by atoms with van der Waals surface area (Å²) in [4.78, 5) is 17.9. The number of methoxy groups -OCH3 is 1. The summed E-state index contributed by atoms with van der Waals surface area (Å²) in [5, 5.41) is 0. The molecule has 3 rings (SSSR count). The van der Waals surface area contributed by atoms with Crippen molar-refractivity contribution in [3.63, 3.8) is 0 Å². The first kappa shape index (κ1) is 18.1. The Morgan fingerprint density at radius 3 is 3.04 bits per heavy atom. The van der Waals surface area contributed by atoms with E-state index in [1.54, 1.807) is 13.2 Å². The highest BCUT2D eigenvalue weighted by atomic mass is 19.1. The molecular formula is C19H28FN3O2. The van der Waals surface area contributed by atoms with Crippen molar-refractivity contribution in [3.05, 3.63) is 29.1 Å². The number of nitrogens with zero attached hydrogens (tertiary/aromatic N) is 1. The number of carbonyl (C=O) groups excluding carboxylic acids is 1. The molecule has 3 N–H and O–H groups in total. The minimum Gasteiger partial charge on any atom is -0.380 e. The highest BCUT2D eigenvalue weighted by molar-refractivity contribution is 5.83. The lowest BCUT2D eigenvalue weighted by Gasteiger charge is -2.31. The van der Waals surface area contributed by atoms with Gasteiger partial charge in [-0.25, -0.2) is 4.39 Å². The number of H-pyrrole nitrogens is 1. The van der Waals surface area contributed by atoms with E-state index in [1.807, 2.05) is 24.1 Å². The maximum Gasteiger partial charge on any atom is 0.242 e. The Balaban J connectivity index is 1.77. The van der Waals surface area contributed by atoms with Crippen LogP contribution < -0.4 is 5.73 Å². The number of halogens is 1. The average Bonchev–Trinajstić information content (AvgIpc) is 3.17. The number of likely N-dealkylation sites (tertiary alicyclic amines) is 1. The van der Waals surface area contributed by atoms with E-state index in [-0.39, 0.29) is 18.1 Å². The number of aromatic nitrogens is 1. The Morgan fingerprint density at radius 1 is 1.56 bits per heavy atom. The predicted octanol–water partition coefficient (Wildman–Crippen LogP) is 2.06. The Morgan fingerprint density at radius 2 is 2.32 bits per heavy atom. The lowest BCUT2D eigenvalue weighted by Crippen LogP contribution is -2.52. The maximum absolute atomic E-state index is 13.5. The molecule has 0 radical (unpaired) electrons. The number of nitrogens with two attached hydrogens (primary N) is 1. The largest absolute Gasteiger partial charge is 0.380 e. The van der Waals surface area contributed by atoms with Crippen LogP contribution in [0.4, 0.5) is 4.39 Å². The molecule has 0 saturated carbocycles. The molecule has 0 aromatic carbocycles. The highest BCUT2D eigenvalue weighted by Gasteiger charge is 2.38. The summed E-state index contributed by atoms with van der Waals surface area (Å²) < 4.78 is 18.7. The number of nitrogens with one attached hydrogen (secondary N) is 1. The van der Waals surface area contributed by atoms with Crippen LogP contribution in [0, 0.1) is 5.92 Å². The van der Waals surface area contributed by atoms with Gasteiger partial charge in [0.25, 0.3) is 0 Å². The van der Waals surface area contributed by atoms with Gasteiger partial charge in [-0.3, -0.25) is 4.79 Å². The molecule has 1 unspecified atom stereocenters. The molecule has 0 bridgehead atoms. The molecule has 5 atom stereocenters. The second-order valence-corrected chi connectivity index (χ2v) is 7.32. The summed E-state index contributed by atoms with van der Waals surface area (Å²) >= 11 is 0. The molecule has 1 fully saturated rings. The van der Waals surface area contributed by atoms with Crippen molar-refractivity contribution in [1.29, 1.82) is 0 Å². The number of hydrogen-bond donors (Lipinski definition) is 2. The third kappa shape index (κ3) is 3.51. The van der Waals surface area contributed by atoms with Gasteiger partial charge >= 0.3 is 0 Å². The van der Waals surface area contributed by atoms with Gasteiger partial charge in [-0.15, -0.1) is 0 Å². The van der Waals surface area contributed by atoms with Crippen LogP contribution in [0.5, 0.6) is 0 Å². The fourth-order valence-electron chi connectivity index (χ4n) is 3.89. The smallest absolute Gasteiger partial charge is 0.242 e. The van der Waals surface area contributed by atoms with Crippen LogP contribution in [0.3, 0.4) is 0 Å². The molecule has 25 heavy (non-hydrogen) atoms. The van der Waals surface area contributed by atoms with Gasteiger partial charge in [0, 0.05) is 38.0 Å². The molecule has 1 aliphatic carbocycles. The van der Waals surface area contributed by atoms with E-state index in [4.69, 9.17) is 10.5 Å². The van der Waals surface area contributed by atoms with Gasteiger partial charge in [-0.2, -0.15) is 0 Å². The molecular weight excluding hydrogens is 321 g/mol. The summed E-state index contributed by atoms with van der Waals surface area (Å²) in [5.74, 6) is 0.355. The zero-order chi connectivity index (χ0) is 18.1. The first-order valence-corrected chi connectivity index (χ1v) is 9.02. The number of amides is 1. The van der Waals surface area contributed by atoms with Gasteiger partial charge in [-0.05, 0) is 42.9 Å². The van der Waals surface area contributed by atoms with E-state index in [1.165, 1.54) is 0 Å². The zero-order valence-corrected chi connectivity index (χ0v) is 15.2. The third-order valence-corrected chi connectivity index (χ3v) is 5.72. The first-order chi connectivity index (χ1) is 11.9. The number of carbonyl (C=O) groups is 1. The van der Waals surface area contributed by atoms with Crippen LogP contribution in [0.2, 0.25) is 0 Å². The monoisotopic (exact) mass is 349 g/mol. The molecule has 2 heterocycles. The van der Waals surface area contributed by atoms with Crippen molar-refractivity contribution in [2.45, 2.75) is 57.5 Å². The van der Waals surface area contributed by atoms with Gasteiger partial charge in [-0.1, -0.05) is 13.0 Å². The molecule has 1 aromatic heterocycles. The Kier molecular flexibility index (Phi) is 5.29. The van der Waals surface area contributed by atoms with E-state index in [2.05, 4.69) is 11.9 Å². The van der Waals surface area contributed by atoms with E-state index < -0.39 is 12.2 Å². The Labute approximate surface area is 148 Å². The first-order valence-electron chi connectivity index (χ1n) is 9.02. The molecule has 2 aliphatic rings. The lowest BCUT2D eigenvalue weighted by molar-refractivity contribution is -0.136. The van der Waals surface area contributed by atoms with Gasteiger partial charge in [0.15, 0.2) is 0 Å². The average molecular weight is 349 g/mol. The van der Waals surface area contributed by atoms with Crippen molar-refractivity contribution in [1.82, 2.24) is 9.88 Å². The topological polar surface area (TPSA) is 71.3 Å². The molecule has 5 nitrogen and oxygen atoms in total. The summed E-state index contributed by atoms with van der Waals surface area (Å²) in [5.41, 5.74) is 9.25. The third-order valence-electron chi connectivity index (χ3n) is 5.72. The van der Waals surface area contributed by atoms with Crippen molar-refractivity contribution >= 4 is 12.0 Å². The number of ether oxygens (including phenoxy) is 1. The van der Waals surface area contributed by atoms with Gasteiger partial charge in [0.05, 0.1) is 6.10 Å². The molecule has 138 valence electrons. The van der Waals surface area contributed by atoms with Crippen LogP contribution in [0.15, 0.2) is 12.3 Å². The van der Waals surface area contributed by atoms with E-state index in [0.29, 0.717) is 12.3 Å². The van der Waals surface area contributed by atoms with E-state index >= 15 is 0 Å². The van der Waals surface area contributed by atoms with Crippen LogP contribution in [-0.2, 0) is 22.4 Å². The highest BCUT2D eigenvalue weighted by Crippen LogP contribution is 2.31. The van der Waals surface area contributed by atoms with Crippen molar-refractivity contribution in [3.8, 4) is 0 Å². The number of fused-ring (bicyclic) bond motifs is 1. The standard InChI is InChI=1S/C19H28FN3O2/c1-11-6-7-23(19(24)18(21)12(2)25-3)17(11)8-13-10-22-16-9-14(20)4-5-15(13)16/h4-5,10-12,14,17-18,22H,6-9,21H2,1-3H3/t11-,12+,14?,17+,18-/m0/s1. The number of allylic oxidation sites excluding steroid dienone is 1. The molecule has 1 aromatic rings.